The van der Waals surface area contributed by atoms with Crippen molar-refractivity contribution in [2.75, 3.05) is 18.0 Å². The van der Waals surface area contributed by atoms with E-state index in [4.69, 9.17) is 5.73 Å². The fourth-order valence-electron chi connectivity index (χ4n) is 4.84. The van der Waals surface area contributed by atoms with Crippen molar-refractivity contribution in [1.29, 1.82) is 0 Å². The molecule has 2 heterocycles. The Kier molecular flexibility index (Phi) is 7.15. The van der Waals surface area contributed by atoms with Crippen molar-refractivity contribution >= 4 is 41.2 Å². The van der Waals surface area contributed by atoms with Gasteiger partial charge in [0.05, 0.1) is 17.1 Å². The molecule has 3 aromatic carbocycles. The van der Waals surface area contributed by atoms with Crippen LogP contribution >= 0.6 is 11.8 Å². The van der Waals surface area contributed by atoms with Crippen molar-refractivity contribution in [1.82, 2.24) is 4.90 Å². The predicted octanol–water partition coefficient (Wildman–Crippen LogP) is 5.01. The summed E-state index contributed by atoms with van der Waals surface area (Å²) >= 11 is 1.47. The number of carbonyl (C=O) groups is 3. The number of fused-ring (bicyclic) bond motifs is 1. The van der Waals surface area contributed by atoms with Crippen LogP contribution in [0.1, 0.15) is 39.9 Å². The van der Waals surface area contributed by atoms with Gasteiger partial charge in [-0.25, -0.2) is 0 Å². The van der Waals surface area contributed by atoms with Gasteiger partial charge in [-0.3, -0.25) is 14.4 Å². The quantitative estimate of drug-likeness (QED) is 0.488. The first kappa shape index (κ1) is 24.8. The number of piperidine rings is 1. The van der Waals surface area contributed by atoms with Crippen molar-refractivity contribution in [3.05, 3.63) is 100.0 Å². The van der Waals surface area contributed by atoms with Crippen LogP contribution in [0.15, 0.2) is 82.6 Å². The van der Waals surface area contributed by atoms with Crippen LogP contribution in [0.4, 0.5) is 5.69 Å². The Morgan fingerprint density at radius 3 is 2.43 bits per heavy atom. The van der Waals surface area contributed by atoms with Crippen molar-refractivity contribution in [2.24, 2.45) is 11.7 Å². The average Bonchev–Trinajstić information content (AvgIpc) is 2.91. The standard InChI is InChI=1S/C30H29N3O3S/c1-20-5-4-6-22(17-20)19-33-25-7-2-3-8-26(25)37-27(30(33)36)18-21-9-11-24(12-10-21)29(35)32-15-13-23(14-16-32)28(31)34/h2-12,17-18,23H,13-16,19H2,1H3,(H2,31,34)/b27-18+. The molecule has 0 spiro atoms. The molecular formula is C30H29N3O3S. The normalized spacial score (nSPS) is 17.1. The molecule has 7 heteroatoms. The third-order valence-electron chi connectivity index (χ3n) is 6.90. The molecule has 0 aromatic heterocycles. The number of para-hydroxylation sites is 1. The van der Waals surface area contributed by atoms with E-state index in [2.05, 4.69) is 6.07 Å². The molecule has 5 rings (SSSR count). The van der Waals surface area contributed by atoms with Crippen molar-refractivity contribution in [2.45, 2.75) is 31.2 Å². The third kappa shape index (κ3) is 5.47. The molecule has 3 aromatic rings. The first-order valence-corrected chi connectivity index (χ1v) is 13.3. The monoisotopic (exact) mass is 511 g/mol. The lowest BCUT2D eigenvalue weighted by Crippen LogP contribution is -2.41. The third-order valence-corrected chi connectivity index (χ3v) is 7.97. The molecule has 188 valence electrons. The fraction of sp³-hybridized carbons (Fsp3) is 0.233. The number of rotatable bonds is 5. The number of thioether (sulfide) groups is 1. The molecule has 0 unspecified atom stereocenters. The molecule has 37 heavy (non-hydrogen) atoms. The number of primary amides is 1. The zero-order valence-electron chi connectivity index (χ0n) is 20.7. The minimum absolute atomic E-state index is 0.0392. The summed E-state index contributed by atoms with van der Waals surface area (Å²) in [6, 6.07) is 23.5. The van der Waals surface area contributed by atoms with Gasteiger partial charge in [0.15, 0.2) is 0 Å². The molecule has 2 aliphatic rings. The van der Waals surface area contributed by atoms with E-state index in [1.807, 2.05) is 72.5 Å². The van der Waals surface area contributed by atoms with E-state index in [9.17, 15) is 14.4 Å². The average molecular weight is 512 g/mol. The van der Waals surface area contributed by atoms with Crippen LogP contribution in [-0.4, -0.2) is 35.7 Å². The number of amides is 3. The lowest BCUT2D eigenvalue weighted by Gasteiger charge is -2.31. The predicted molar refractivity (Wildman–Crippen MR) is 147 cm³/mol. The second-order valence-corrected chi connectivity index (χ2v) is 10.6. The Labute approximate surface area is 221 Å². The van der Waals surface area contributed by atoms with Crippen LogP contribution in [0.5, 0.6) is 0 Å². The molecule has 0 radical (unpaired) electrons. The lowest BCUT2D eigenvalue weighted by molar-refractivity contribution is -0.123. The number of hydrogen-bond acceptors (Lipinski definition) is 4. The van der Waals surface area contributed by atoms with Crippen molar-refractivity contribution < 1.29 is 14.4 Å². The highest BCUT2D eigenvalue weighted by Gasteiger charge is 2.29. The van der Waals surface area contributed by atoms with Gasteiger partial charge in [0.2, 0.25) is 5.91 Å². The Hall–Kier alpha value is -3.84. The highest BCUT2D eigenvalue weighted by molar-refractivity contribution is 8.04. The molecule has 0 atom stereocenters. The maximum atomic E-state index is 13.6. The van der Waals surface area contributed by atoms with Gasteiger partial charge in [0.1, 0.15) is 0 Å². The molecule has 0 bridgehead atoms. The Balaban J connectivity index is 1.34. The van der Waals surface area contributed by atoms with Crippen LogP contribution in [0.25, 0.3) is 6.08 Å². The van der Waals surface area contributed by atoms with Crippen molar-refractivity contribution in [3.8, 4) is 0 Å². The molecule has 0 aliphatic carbocycles. The van der Waals surface area contributed by atoms with Gasteiger partial charge in [-0.05, 0) is 61.2 Å². The van der Waals surface area contributed by atoms with E-state index >= 15 is 0 Å². The zero-order valence-corrected chi connectivity index (χ0v) is 21.5. The number of likely N-dealkylation sites (tertiary alicyclic amines) is 1. The highest BCUT2D eigenvalue weighted by Crippen LogP contribution is 2.42. The van der Waals surface area contributed by atoms with Gasteiger partial charge in [0, 0.05) is 29.5 Å². The summed E-state index contributed by atoms with van der Waals surface area (Å²) in [5, 5.41) is 0. The van der Waals surface area contributed by atoms with E-state index in [1.165, 1.54) is 11.8 Å². The van der Waals surface area contributed by atoms with Gasteiger partial charge in [-0.15, -0.1) is 0 Å². The maximum absolute atomic E-state index is 13.6. The summed E-state index contributed by atoms with van der Waals surface area (Å²) in [4.78, 5) is 43.2. The number of hydrogen-bond donors (Lipinski definition) is 1. The molecule has 2 aliphatic heterocycles. The molecule has 6 nitrogen and oxygen atoms in total. The Morgan fingerprint density at radius 2 is 1.73 bits per heavy atom. The minimum Gasteiger partial charge on any atom is -0.369 e. The summed E-state index contributed by atoms with van der Waals surface area (Å²) in [7, 11) is 0. The second-order valence-electron chi connectivity index (χ2n) is 9.55. The van der Waals surface area contributed by atoms with Gasteiger partial charge in [-0.1, -0.05) is 65.9 Å². The van der Waals surface area contributed by atoms with Crippen LogP contribution < -0.4 is 10.6 Å². The SMILES string of the molecule is Cc1cccc(CN2C(=O)/C(=C\c3ccc(C(=O)N4CCC(C(N)=O)CC4)cc3)Sc3ccccc32)c1. The molecule has 1 fully saturated rings. The van der Waals surface area contributed by atoms with Crippen LogP contribution in [-0.2, 0) is 16.1 Å². The zero-order chi connectivity index (χ0) is 25.9. The van der Waals surface area contributed by atoms with Gasteiger partial charge in [0.25, 0.3) is 11.8 Å². The lowest BCUT2D eigenvalue weighted by atomic mass is 9.96. The topological polar surface area (TPSA) is 83.7 Å². The number of nitrogens with two attached hydrogens (primary N) is 1. The molecule has 2 N–H and O–H groups in total. The number of anilines is 1. The molecule has 0 saturated carbocycles. The maximum Gasteiger partial charge on any atom is 0.265 e. The summed E-state index contributed by atoms with van der Waals surface area (Å²) in [5.41, 5.74) is 10.0. The number of benzene rings is 3. The van der Waals surface area contributed by atoms with Gasteiger partial charge < -0.3 is 15.5 Å². The highest BCUT2D eigenvalue weighted by atomic mass is 32.2. The molecular weight excluding hydrogens is 482 g/mol. The first-order valence-electron chi connectivity index (χ1n) is 12.4. The Bertz CT molecular complexity index is 1370. The number of nitrogens with zero attached hydrogens (tertiary/aromatic N) is 2. The summed E-state index contributed by atoms with van der Waals surface area (Å²) in [5.74, 6) is -0.537. The van der Waals surface area contributed by atoms with E-state index in [0.717, 1.165) is 27.3 Å². The van der Waals surface area contributed by atoms with Crippen LogP contribution in [0, 0.1) is 12.8 Å². The summed E-state index contributed by atoms with van der Waals surface area (Å²) in [6.45, 7) is 3.60. The van der Waals surface area contributed by atoms with E-state index in [-0.39, 0.29) is 23.6 Å². The van der Waals surface area contributed by atoms with Gasteiger partial charge >= 0.3 is 0 Å². The number of carbonyl (C=O) groups excluding carboxylic acids is 3. The fourth-order valence-corrected chi connectivity index (χ4v) is 5.89. The first-order chi connectivity index (χ1) is 17.9. The second kappa shape index (κ2) is 10.6. The van der Waals surface area contributed by atoms with E-state index in [0.29, 0.717) is 42.9 Å². The van der Waals surface area contributed by atoms with Crippen LogP contribution in [0.3, 0.4) is 0 Å². The van der Waals surface area contributed by atoms with Crippen LogP contribution in [0.2, 0.25) is 0 Å². The summed E-state index contributed by atoms with van der Waals surface area (Å²) in [6.07, 6.45) is 3.09. The Morgan fingerprint density at radius 1 is 1.00 bits per heavy atom. The largest absolute Gasteiger partial charge is 0.369 e. The van der Waals surface area contributed by atoms with Crippen molar-refractivity contribution in [3.63, 3.8) is 0 Å². The van der Waals surface area contributed by atoms with E-state index in [1.54, 1.807) is 17.0 Å². The minimum atomic E-state index is -0.292. The summed E-state index contributed by atoms with van der Waals surface area (Å²) < 4.78 is 0. The number of aryl methyl sites for hydroxylation is 1. The van der Waals surface area contributed by atoms with Gasteiger partial charge in [-0.2, -0.15) is 0 Å². The molecule has 1 saturated heterocycles. The van der Waals surface area contributed by atoms with E-state index < -0.39 is 0 Å². The molecule has 3 amide bonds. The smallest absolute Gasteiger partial charge is 0.265 e.